The van der Waals surface area contributed by atoms with Crippen molar-refractivity contribution in [2.45, 2.75) is 71.1 Å². The molecule has 0 unspecified atom stereocenters. The fraction of sp³-hybridized carbons (Fsp3) is 0.706. The highest BCUT2D eigenvalue weighted by Gasteiger charge is 1.94. The van der Waals surface area contributed by atoms with Gasteiger partial charge in [0.05, 0.1) is 6.61 Å². The number of hydrogen-bond acceptors (Lipinski definition) is 2. The van der Waals surface area contributed by atoms with Gasteiger partial charge in [-0.25, -0.2) is 0 Å². The van der Waals surface area contributed by atoms with Crippen LogP contribution in [0, 0.1) is 0 Å². The predicted octanol–water partition coefficient (Wildman–Crippen LogP) is 5.38. The number of pyridine rings is 1. The van der Waals surface area contributed by atoms with Gasteiger partial charge >= 0.3 is 0 Å². The van der Waals surface area contributed by atoms with Crippen LogP contribution in [0.3, 0.4) is 0 Å². The van der Waals surface area contributed by atoms with Gasteiger partial charge in [0.2, 0.25) is 0 Å². The van der Waals surface area contributed by atoms with Crippen molar-refractivity contribution >= 4 is 0 Å². The van der Waals surface area contributed by atoms with E-state index >= 15 is 0 Å². The molecule has 0 saturated carbocycles. The zero-order valence-electron chi connectivity index (χ0n) is 12.4. The summed E-state index contributed by atoms with van der Waals surface area (Å²) in [7, 11) is 0. The van der Waals surface area contributed by atoms with Crippen molar-refractivity contribution in [1.82, 2.24) is 4.98 Å². The first kappa shape index (κ1) is 16.0. The van der Waals surface area contributed by atoms with Gasteiger partial charge in [0.1, 0.15) is 5.75 Å². The van der Waals surface area contributed by atoms with Gasteiger partial charge in [0, 0.05) is 12.4 Å². The Morgan fingerprint density at radius 2 is 1.32 bits per heavy atom. The lowest BCUT2D eigenvalue weighted by atomic mass is 10.1. The molecule has 19 heavy (non-hydrogen) atoms. The first-order valence-corrected chi connectivity index (χ1v) is 7.96. The second-order valence-corrected chi connectivity index (χ2v) is 5.21. The average molecular weight is 263 g/mol. The third-order valence-corrected chi connectivity index (χ3v) is 3.42. The molecular weight excluding hydrogens is 234 g/mol. The topological polar surface area (TPSA) is 22.1 Å². The van der Waals surface area contributed by atoms with Crippen molar-refractivity contribution in [1.29, 1.82) is 0 Å². The zero-order valence-corrected chi connectivity index (χ0v) is 12.4. The molecule has 0 aliphatic carbocycles. The van der Waals surface area contributed by atoms with E-state index in [1.54, 1.807) is 12.4 Å². The van der Waals surface area contributed by atoms with Crippen molar-refractivity contribution in [2.75, 3.05) is 6.61 Å². The van der Waals surface area contributed by atoms with E-state index in [9.17, 15) is 0 Å². The van der Waals surface area contributed by atoms with Crippen molar-refractivity contribution < 1.29 is 4.74 Å². The smallest absolute Gasteiger partial charge is 0.122 e. The van der Waals surface area contributed by atoms with Gasteiger partial charge in [-0.1, -0.05) is 64.7 Å². The van der Waals surface area contributed by atoms with Gasteiger partial charge in [-0.3, -0.25) is 4.98 Å². The van der Waals surface area contributed by atoms with Crippen molar-refractivity contribution in [3.05, 3.63) is 24.5 Å². The van der Waals surface area contributed by atoms with E-state index in [2.05, 4.69) is 11.9 Å². The third kappa shape index (κ3) is 9.52. The van der Waals surface area contributed by atoms with E-state index < -0.39 is 0 Å². The molecule has 0 fully saturated rings. The predicted molar refractivity (Wildman–Crippen MR) is 81.6 cm³/mol. The molecule has 0 amide bonds. The van der Waals surface area contributed by atoms with Crippen LogP contribution in [-0.2, 0) is 0 Å². The van der Waals surface area contributed by atoms with Gasteiger partial charge < -0.3 is 4.74 Å². The number of hydrogen-bond donors (Lipinski definition) is 0. The zero-order chi connectivity index (χ0) is 13.6. The molecule has 0 atom stereocenters. The maximum absolute atomic E-state index is 5.64. The van der Waals surface area contributed by atoms with Crippen LogP contribution in [0.25, 0.3) is 0 Å². The Bertz CT molecular complexity index is 287. The summed E-state index contributed by atoms with van der Waals surface area (Å²) in [5.41, 5.74) is 0. The second-order valence-electron chi connectivity index (χ2n) is 5.21. The number of unbranched alkanes of at least 4 members (excludes halogenated alkanes) is 9. The standard InChI is InChI=1S/C17H29NO/c1-2-3-4-5-6-7-8-9-10-11-16-19-17-12-14-18-15-13-17/h12-15H,2-11,16H2,1H3. The van der Waals surface area contributed by atoms with E-state index in [4.69, 9.17) is 4.74 Å². The Hall–Kier alpha value is -1.05. The summed E-state index contributed by atoms with van der Waals surface area (Å²) < 4.78 is 5.64. The van der Waals surface area contributed by atoms with Crippen LogP contribution >= 0.6 is 0 Å². The van der Waals surface area contributed by atoms with Crippen LogP contribution in [0.4, 0.5) is 0 Å². The summed E-state index contributed by atoms with van der Waals surface area (Å²) in [6.07, 6.45) is 17.2. The molecule has 2 nitrogen and oxygen atoms in total. The Labute approximate surface area is 118 Å². The number of aromatic nitrogens is 1. The fourth-order valence-corrected chi connectivity index (χ4v) is 2.21. The van der Waals surface area contributed by atoms with E-state index in [-0.39, 0.29) is 0 Å². The molecule has 1 aromatic heterocycles. The molecule has 1 rings (SSSR count). The average Bonchev–Trinajstić information content (AvgIpc) is 2.46. The summed E-state index contributed by atoms with van der Waals surface area (Å²) in [5.74, 6) is 0.936. The first-order valence-electron chi connectivity index (χ1n) is 7.96. The first-order chi connectivity index (χ1) is 9.43. The van der Waals surface area contributed by atoms with Gasteiger partial charge in [-0.15, -0.1) is 0 Å². The lowest BCUT2D eigenvalue weighted by molar-refractivity contribution is 0.304. The van der Waals surface area contributed by atoms with Gasteiger partial charge in [-0.2, -0.15) is 0 Å². The molecule has 0 spiro atoms. The van der Waals surface area contributed by atoms with Crippen LogP contribution in [0.1, 0.15) is 71.1 Å². The Morgan fingerprint density at radius 3 is 1.89 bits per heavy atom. The van der Waals surface area contributed by atoms with Crippen LogP contribution in [0.15, 0.2) is 24.5 Å². The summed E-state index contributed by atoms with van der Waals surface area (Å²) in [6, 6.07) is 3.83. The van der Waals surface area contributed by atoms with E-state index in [0.717, 1.165) is 18.8 Å². The van der Waals surface area contributed by atoms with E-state index in [0.29, 0.717) is 0 Å². The summed E-state index contributed by atoms with van der Waals surface area (Å²) >= 11 is 0. The normalized spacial score (nSPS) is 10.6. The number of rotatable bonds is 12. The number of nitrogens with zero attached hydrogens (tertiary/aromatic N) is 1. The van der Waals surface area contributed by atoms with Crippen molar-refractivity contribution in [3.63, 3.8) is 0 Å². The molecule has 0 aliphatic rings. The van der Waals surface area contributed by atoms with Crippen molar-refractivity contribution in [3.8, 4) is 5.75 Å². The Balaban J connectivity index is 1.79. The molecule has 1 heterocycles. The minimum atomic E-state index is 0.834. The highest BCUT2D eigenvalue weighted by Crippen LogP contribution is 2.11. The lowest BCUT2D eigenvalue weighted by Gasteiger charge is -2.05. The highest BCUT2D eigenvalue weighted by atomic mass is 16.5. The minimum Gasteiger partial charge on any atom is -0.493 e. The van der Waals surface area contributed by atoms with Crippen LogP contribution in [-0.4, -0.2) is 11.6 Å². The van der Waals surface area contributed by atoms with E-state index in [1.807, 2.05) is 12.1 Å². The van der Waals surface area contributed by atoms with Crippen LogP contribution in [0.2, 0.25) is 0 Å². The van der Waals surface area contributed by atoms with Gasteiger partial charge in [0.15, 0.2) is 0 Å². The monoisotopic (exact) mass is 263 g/mol. The summed E-state index contributed by atoms with van der Waals surface area (Å²) in [5, 5.41) is 0. The van der Waals surface area contributed by atoms with Gasteiger partial charge in [-0.05, 0) is 18.6 Å². The van der Waals surface area contributed by atoms with Crippen LogP contribution in [0.5, 0.6) is 5.75 Å². The van der Waals surface area contributed by atoms with E-state index in [1.165, 1.54) is 57.8 Å². The summed E-state index contributed by atoms with van der Waals surface area (Å²) in [6.45, 7) is 3.11. The molecule has 1 aromatic rings. The number of ether oxygens (including phenoxy) is 1. The fourth-order valence-electron chi connectivity index (χ4n) is 2.21. The molecule has 0 bridgehead atoms. The lowest BCUT2D eigenvalue weighted by Crippen LogP contribution is -1.97. The van der Waals surface area contributed by atoms with Crippen molar-refractivity contribution in [2.24, 2.45) is 0 Å². The second kappa shape index (κ2) is 12.0. The quantitative estimate of drug-likeness (QED) is 0.472. The van der Waals surface area contributed by atoms with Crippen LogP contribution < -0.4 is 4.74 Å². The molecular formula is C17H29NO. The molecule has 0 radical (unpaired) electrons. The van der Waals surface area contributed by atoms with Gasteiger partial charge in [0.25, 0.3) is 0 Å². The third-order valence-electron chi connectivity index (χ3n) is 3.42. The molecule has 0 N–H and O–H groups in total. The maximum atomic E-state index is 5.64. The Morgan fingerprint density at radius 1 is 0.789 bits per heavy atom. The Kier molecular flexibility index (Phi) is 10.1. The molecule has 0 aliphatic heterocycles. The largest absolute Gasteiger partial charge is 0.493 e. The maximum Gasteiger partial charge on any atom is 0.122 e. The summed E-state index contributed by atoms with van der Waals surface area (Å²) in [4.78, 5) is 3.97. The highest BCUT2D eigenvalue weighted by molar-refractivity contribution is 5.16. The molecule has 0 aromatic carbocycles. The minimum absolute atomic E-state index is 0.834. The molecule has 0 saturated heterocycles. The molecule has 2 heteroatoms. The molecule has 108 valence electrons. The SMILES string of the molecule is CCCCCCCCCCCCOc1ccncc1.